The second-order valence-electron chi connectivity index (χ2n) is 2.90. The van der Waals surface area contributed by atoms with Gasteiger partial charge in [0.2, 0.25) is 0 Å². The molecule has 1 aromatic rings. The molecule has 0 fully saturated rings. The van der Waals surface area contributed by atoms with Crippen LogP contribution in [0.1, 0.15) is 5.56 Å². The zero-order valence-corrected chi connectivity index (χ0v) is 10.2. The van der Waals surface area contributed by atoms with Crippen molar-refractivity contribution in [3.63, 3.8) is 0 Å². The third kappa shape index (κ3) is 2.33. The Balaban J connectivity index is 3.43. The number of nitrogens with zero attached hydrogens (tertiary/aromatic N) is 2. The van der Waals surface area contributed by atoms with Crippen LogP contribution in [0, 0.1) is 0 Å². The molecule has 86 valence electrons. The SMILES string of the molecule is C=Nc1cc(OC)c(OC)cc1C(Cl)=NC. The summed E-state index contributed by atoms with van der Waals surface area (Å²) in [5, 5.41) is 0.350. The van der Waals surface area contributed by atoms with Crippen molar-refractivity contribution < 1.29 is 9.47 Å². The zero-order chi connectivity index (χ0) is 12.1. The Kier molecular flexibility index (Phi) is 4.31. The van der Waals surface area contributed by atoms with Crippen molar-refractivity contribution in [2.24, 2.45) is 9.98 Å². The molecule has 0 amide bonds. The lowest BCUT2D eigenvalue weighted by Crippen LogP contribution is -1.96. The number of hydrogen-bond donors (Lipinski definition) is 0. The molecule has 0 aliphatic heterocycles. The maximum absolute atomic E-state index is 5.96. The molecule has 0 spiro atoms. The Bertz CT molecular complexity index is 430. The molecule has 1 aromatic carbocycles. The van der Waals surface area contributed by atoms with Crippen LogP contribution in [0.15, 0.2) is 22.1 Å². The van der Waals surface area contributed by atoms with Crippen molar-refractivity contribution in [2.45, 2.75) is 0 Å². The summed E-state index contributed by atoms with van der Waals surface area (Å²) in [6.07, 6.45) is 0. The molecule has 0 aromatic heterocycles. The highest BCUT2D eigenvalue weighted by Crippen LogP contribution is 2.35. The minimum atomic E-state index is 0.350. The highest BCUT2D eigenvalue weighted by Gasteiger charge is 2.12. The number of halogens is 1. The van der Waals surface area contributed by atoms with Crippen LogP contribution in [0.25, 0.3) is 0 Å². The second-order valence-corrected chi connectivity index (χ2v) is 3.25. The minimum absolute atomic E-state index is 0.350. The van der Waals surface area contributed by atoms with E-state index in [-0.39, 0.29) is 0 Å². The van der Waals surface area contributed by atoms with E-state index in [1.54, 1.807) is 33.4 Å². The average molecular weight is 241 g/mol. The Morgan fingerprint density at radius 2 is 1.81 bits per heavy atom. The van der Waals surface area contributed by atoms with E-state index in [0.29, 0.717) is 27.9 Å². The van der Waals surface area contributed by atoms with Gasteiger partial charge in [-0.2, -0.15) is 0 Å². The third-order valence-corrected chi connectivity index (χ3v) is 2.46. The molecular formula is C11H13ClN2O2. The standard InChI is InChI=1S/C11H13ClN2O2/c1-13-8-6-10(16-4)9(15-3)5-7(8)11(12)14-2/h5-6H,1H2,2-4H3. The lowest BCUT2D eigenvalue weighted by Gasteiger charge is -2.11. The molecule has 5 heteroatoms. The summed E-state index contributed by atoms with van der Waals surface area (Å²) in [4.78, 5) is 7.77. The first-order valence-electron chi connectivity index (χ1n) is 4.53. The van der Waals surface area contributed by atoms with E-state index < -0.39 is 0 Å². The van der Waals surface area contributed by atoms with Crippen LogP contribution in [0.4, 0.5) is 5.69 Å². The second kappa shape index (κ2) is 5.51. The van der Waals surface area contributed by atoms with Gasteiger partial charge in [0.1, 0.15) is 5.17 Å². The summed E-state index contributed by atoms with van der Waals surface area (Å²) >= 11 is 5.96. The topological polar surface area (TPSA) is 43.2 Å². The summed E-state index contributed by atoms with van der Waals surface area (Å²) in [5.41, 5.74) is 1.27. The number of aliphatic imine (C=N–C) groups is 2. The fraction of sp³-hybridized carbons (Fsp3) is 0.273. The van der Waals surface area contributed by atoms with Gasteiger partial charge in [-0.05, 0) is 12.8 Å². The number of hydrogen-bond acceptors (Lipinski definition) is 4. The van der Waals surface area contributed by atoms with Crippen LogP contribution in [-0.2, 0) is 0 Å². The Labute approximate surface area is 99.6 Å². The normalized spacial score (nSPS) is 11.1. The van der Waals surface area contributed by atoms with Gasteiger partial charge >= 0.3 is 0 Å². The fourth-order valence-corrected chi connectivity index (χ4v) is 1.44. The molecule has 0 saturated carbocycles. The lowest BCUT2D eigenvalue weighted by atomic mass is 10.1. The molecule has 0 saturated heterocycles. The van der Waals surface area contributed by atoms with E-state index in [1.165, 1.54) is 0 Å². The number of benzene rings is 1. The van der Waals surface area contributed by atoms with Gasteiger partial charge in [-0.1, -0.05) is 11.6 Å². The van der Waals surface area contributed by atoms with Crippen LogP contribution in [0.5, 0.6) is 11.5 Å². The molecule has 0 atom stereocenters. The molecule has 1 rings (SSSR count). The summed E-state index contributed by atoms with van der Waals surface area (Å²) in [6.45, 7) is 3.48. The van der Waals surface area contributed by atoms with E-state index in [1.807, 2.05) is 0 Å². The van der Waals surface area contributed by atoms with Gasteiger partial charge < -0.3 is 9.47 Å². The summed E-state index contributed by atoms with van der Waals surface area (Å²) in [5.74, 6) is 1.15. The first kappa shape index (κ1) is 12.5. The molecule has 0 unspecified atom stereocenters. The molecular weight excluding hydrogens is 228 g/mol. The highest BCUT2D eigenvalue weighted by molar-refractivity contribution is 6.70. The molecule has 16 heavy (non-hydrogen) atoms. The van der Waals surface area contributed by atoms with Crippen molar-refractivity contribution in [3.05, 3.63) is 17.7 Å². The largest absolute Gasteiger partial charge is 0.493 e. The maximum atomic E-state index is 5.96. The highest BCUT2D eigenvalue weighted by atomic mass is 35.5. The molecule has 0 radical (unpaired) electrons. The van der Waals surface area contributed by atoms with Crippen LogP contribution in [-0.4, -0.2) is 33.2 Å². The molecule has 0 heterocycles. The van der Waals surface area contributed by atoms with Gasteiger partial charge in [0, 0.05) is 18.7 Å². The monoisotopic (exact) mass is 240 g/mol. The number of ether oxygens (including phenoxy) is 2. The van der Waals surface area contributed by atoms with Crippen molar-refractivity contribution >= 4 is 29.2 Å². The van der Waals surface area contributed by atoms with Crippen molar-refractivity contribution in [1.82, 2.24) is 0 Å². The fourth-order valence-electron chi connectivity index (χ4n) is 1.28. The lowest BCUT2D eigenvalue weighted by molar-refractivity contribution is 0.355. The van der Waals surface area contributed by atoms with E-state index in [2.05, 4.69) is 16.7 Å². The van der Waals surface area contributed by atoms with E-state index in [0.717, 1.165) is 0 Å². The van der Waals surface area contributed by atoms with Gasteiger partial charge in [0.15, 0.2) is 11.5 Å². The minimum Gasteiger partial charge on any atom is -0.493 e. The first-order chi connectivity index (χ1) is 7.67. The first-order valence-corrected chi connectivity index (χ1v) is 4.91. The predicted molar refractivity (Wildman–Crippen MR) is 67.1 cm³/mol. The van der Waals surface area contributed by atoms with Gasteiger partial charge in [-0.3, -0.25) is 9.98 Å². The Hall–Kier alpha value is -1.55. The smallest absolute Gasteiger partial charge is 0.162 e. The van der Waals surface area contributed by atoms with Crippen molar-refractivity contribution in [3.8, 4) is 11.5 Å². The van der Waals surface area contributed by atoms with E-state index in [9.17, 15) is 0 Å². The number of rotatable bonds is 4. The molecule has 0 aliphatic rings. The van der Waals surface area contributed by atoms with Gasteiger partial charge in [0.25, 0.3) is 0 Å². The van der Waals surface area contributed by atoms with Gasteiger partial charge in [-0.25, -0.2) is 0 Å². The molecule has 0 bridgehead atoms. The van der Waals surface area contributed by atoms with Crippen molar-refractivity contribution in [1.29, 1.82) is 0 Å². The Morgan fingerprint density at radius 1 is 1.25 bits per heavy atom. The van der Waals surface area contributed by atoms with Crippen LogP contribution in [0.2, 0.25) is 0 Å². The van der Waals surface area contributed by atoms with Crippen LogP contribution >= 0.6 is 11.6 Å². The maximum Gasteiger partial charge on any atom is 0.162 e. The predicted octanol–water partition coefficient (Wildman–Crippen LogP) is 2.65. The summed E-state index contributed by atoms with van der Waals surface area (Å²) < 4.78 is 10.3. The molecule has 0 N–H and O–H groups in total. The van der Waals surface area contributed by atoms with E-state index >= 15 is 0 Å². The van der Waals surface area contributed by atoms with Crippen molar-refractivity contribution in [2.75, 3.05) is 21.3 Å². The molecule has 4 nitrogen and oxygen atoms in total. The zero-order valence-electron chi connectivity index (χ0n) is 9.45. The average Bonchev–Trinajstić information content (AvgIpc) is 2.35. The number of methoxy groups -OCH3 is 2. The van der Waals surface area contributed by atoms with Gasteiger partial charge in [0.05, 0.1) is 19.9 Å². The summed E-state index contributed by atoms with van der Waals surface area (Å²) in [6, 6.07) is 3.42. The Morgan fingerprint density at radius 3 is 2.25 bits per heavy atom. The van der Waals surface area contributed by atoms with Crippen LogP contribution in [0.3, 0.4) is 0 Å². The quantitative estimate of drug-likeness (QED) is 0.760. The van der Waals surface area contributed by atoms with Crippen LogP contribution < -0.4 is 9.47 Å². The van der Waals surface area contributed by atoms with Gasteiger partial charge in [-0.15, -0.1) is 0 Å². The van der Waals surface area contributed by atoms with E-state index in [4.69, 9.17) is 21.1 Å². The third-order valence-electron chi connectivity index (χ3n) is 2.09. The molecule has 0 aliphatic carbocycles. The summed E-state index contributed by atoms with van der Waals surface area (Å²) in [7, 11) is 4.71.